The standard InChI is InChI=1S/C11H11N3O2/c1-7-3-2-4-8(5-7)9-6-10(15)14(12)11(16)13-9/h2-6H,12H2,1H3,(H,13,16). The summed E-state index contributed by atoms with van der Waals surface area (Å²) in [7, 11) is 0. The van der Waals surface area contributed by atoms with E-state index < -0.39 is 11.2 Å². The van der Waals surface area contributed by atoms with Gasteiger partial charge >= 0.3 is 5.69 Å². The minimum atomic E-state index is -0.621. The zero-order valence-corrected chi connectivity index (χ0v) is 8.73. The van der Waals surface area contributed by atoms with Gasteiger partial charge < -0.3 is 10.8 Å². The van der Waals surface area contributed by atoms with Crippen LogP contribution in [0, 0.1) is 6.92 Å². The molecule has 0 aliphatic heterocycles. The van der Waals surface area contributed by atoms with Gasteiger partial charge in [-0.05, 0) is 18.6 Å². The molecule has 0 saturated carbocycles. The van der Waals surface area contributed by atoms with Crippen LogP contribution < -0.4 is 17.1 Å². The lowest BCUT2D eigenvalue weighted by atomic mass is 10.1. The zero-order valence-electron chi connectivity index (χ0n) is 8.73. The van der Waals surface area contributed by atoms with Gasteiger partial charge in [-0.15, -0.1) is 0 Å². The van der Waals surface area contributed by atoms with Gasteiger partial charge in [0.05, 0.1) is 5.69 Å². The molecule has 0 bridgehead atoms. The molecule has 0 spiro atoms. The largest absolute Gasteiger partial charge is 0.347 e. The number of benzene rings is 1. The molecule has 1 aromatic heterocycles. The maximum Gasteiger partial charge on any atom is 0.347 e. The molecule has 0 atom stereocenters. The Morgan fingerprint density at radius 3 is 2.62 bits per heavy atom. The highest BCUT2D eigenvalue weighted by Gasteiger charge is 2.03. The van der Waals surface area contributed by atoms with Crippen molar-refractivity contribution < 1.29 is 0 Å². The Hall–Kier alpha value is -2.30. The van der Waals surface area contributed by atoms with Gasteiger partial charge in [-0.1, -0.05) is 23.8 Å². The molecule has 3 N–H and O–H groups in total. The maximum absolute atomic E-state index is 11.3. The molecule has 0 fully saturated rings. The molecule has 82 valence electrons. The monoisotopic (exact) mass is 217 g/mol. The lowest BCUT2D eigenvalue weighted by molar-refractivity contribution is 0.837. The summed E-state index contributed by atoms with van der Waals surface area (Å²) < 4.78 is 0.541. The second-order valence-corrected chi connectivity index (χ2v) is 3.57. The van der Waals surface area contributed by atoms with E-state index >= 15 is 0 Å². The van der Waals surface area contributed by atoms with Crippen molar-refractivity contribution in [1.29, 1.82) is 0 Å². The van der Waals surface area contributed by atoms with Gasteiger partial charge in [-0.25, -0.2) is 4.79 Å². The van der Waals surface area contributed by atoms with Crippen LogP contribution in [0.1, 0.15) is 5.56 Å². The van der Waals surface area contributed by atoms with E-state index in [0.29, 0.717) is 10.4 Å². The van der Waals surface area contributed by atoms with E-state index in [9.17, 15) is 9.59 Å². The number of hydrogen-bond acceptors (Lipinski definition) is 3. The molecule has 0 radical (unpaired) electrons. The smallest absolute Gasteiger partial charge is 0.332 e. The first-order chi connectivity index (χ1) is 7.58. The SMILES string of the molecule is Cc1cccc(-c2cc(=O)n(N)c(=O)[nH]2)c1. The van der Waals surface area contributed by atoms with E-state index in [1.54, 1.807) is 0 Å². The Kier molecular flexibility index (Phi) is 2.36. The number of nitrogens with one attached hydrogen (secondary N) is 1. The highest BCUT2D eigenvalue weighted by atomic mass is 16.2. The summed E-state index contributed by atoms with van der Waals surface area (Å²) in [4.78, 5) is 25.2. The van der Waals surface area contributed by atoms with Crippen LogP contribution in [-0.4, -0.2) is 9.66 Å². The molecule has 0 saturated heterocycles. The van der Waals surface area contributed by atoms with Crippen molar-refractivity contribution in [3.8, 4) is 11.3 Å². The van der Waals surface area contributed by atoms with Crippen LogP contribution in [0.4, 0.5) is 0 Å². The number of nitrogen functional groups attached to an aromatic ring is 1. The van der Waals surface area contributed by atoms with Gasteiger partial charge in [0.1, 0.15) is 0 Å². The third kappa shape index (κ3) is 1.75. The first-order valence-corrected chi connectivity index (χ1v) is 4.76. The molecule has 16 heavy (non-hydrogen) atoms. The van der Waals surface area contributed by atoms with Crippen LogP contribution in [0.25, 0.3) is 11.3 Å². The van der Waals surface area contributed by atoms with E-state index in [4.69, 9.17) is 5.84 Å². The van der Waals surface area contributed by atoms with Gasteiger partial charge in [-0.3, -0.25) is 4.79 Å². The number of aromatic amines is 1. The zero-order chi connectivity index (χ0) is 11.7. The predicted octanol–water partition coefficient (Wildman–Crippen LogP) is 0.226. The number of aryl methyl sites for hydroxylation is 1. The maximum atomic E-state index is 11.3. The molecule has 2 rings (SSSR count). The molecule has 1 aromatic carbocycles. The van der Waals surface area contributed by atoms with Crippen molar-refractivity contribution in [2.24, 2.45) is 0 Å². The highest BCUT2D eigenvalue weighted by Crippen LogP contribution is 2.14. The number of rotatable bonds is 1. The average Bonchev–Trinajstić information content (AvgIpc) is 2.25. The predicted molar refractivity (Wildman–Crippen MR) is 61.6 cm³/mol. The second-order valence-electron chi connectivity index (χ2n) is 3.57. The van der Waals surface area contributed by atoms with E-state index in [1.807, 2.05) is 31.2 Å². The third-order valence-corrected chi connectivity index (χ3v) is 2.29. The first kappa shape index (κ1) is 10.2. The van der Waals surface area contributed by atoms with E-state index in [0.717, 1.165) is 11.1 Å². The number of nitrogens with zero attached hydrogens (tertiary/aromatic N) is 1. The molecule has 0 aliphatic rings. The van der Waals surface area contributed by atoms with Crippen molar-refractivity contribution >= 4 is 0 Å². The Morgan fingerprint density at radius 2 is 2.00 bits per heavy atom. The molecule has 0 aliphatic carbocycles. The summed E-state index contributed by atoms with van der Waals surface area (Å²) in [5, 5.41) is 0. The van der Waals surface area contributed by atoms with E-state index in [2.05, 4.69) is 4.98 Å². The summed E-state index contributed by atoms with van der Waals surface area (Å²) >= 11 is 0. The summed E-state index contributed by atoms with van der Waals surface area (Å²) in [6, 6.07) is 8.79. The molecule has 2 aromatic rings. The third-order valence-electron chi connectivity index (χ3n) is 2.29. The molecular weight excluding hydrogens is 206 g/mol. The number of nitrogens with two attached hydrogens (primary N) is 1. The quantitative estimate of drug-likeness (QED) is 0.671. The van der Waals surface area contributed by atoms with Gasteiger partial charge in [0.2, 0.25) is 0 Å². The number of H-pyrrole nitrogens is 1. The summed E-state index contributed by atoms with van der Waals surface area (Å²) in [5.74, 6) is 5.22. The van der Waals surface area contributed by atoms with Crippen LogP contribution in [-0.2, 0) is 0 Å². The molecule has 1 heterocycles. The lowest BCUT2D eigenvalue weighted by Crippen LogP contribution is -2.40. The molecule has 5 nitrogen and oxygen atoms in total. The highest BCUT2D eigenvalue weighted by molar-refractivity contribution is 5.59. The minimum absolute atomic E-state index is 0.473. The topological polar surface area (TPSA) is 80.9 Å². The summed E-state index contributed by atoms with van der Waals surface area (Å²) in [5.41, 5.74) is 1.16. The van der Waals surface area contributed by atoms with Crippen LogP contribution >= 0.6 is 0 Å². The fraction of sp³-hybridized carbons (Fsp3) is 0.0909. The van der Waals surface area contributed by atoms with Crippen LogP contribution in [0.5, 0.6) is 0 Å². The van der Waals surface area contributed by atoms with Gasteiger partial charge in [-0.2, -0.15) is 4.68 Å². The van der Waals surface area contributed by atoms with Crippen molar-refractivity contribution in [2.75, 3.05) is 5.84 Å². The fourth-order valence-electron chi connectivity index (χ4n) is 1.47. The molecule has 0 amide bonds. The number of aromatic nitrogens is 2. The normalized spacial score (nSPS) is 10.3. The molecule has 5 heteroatoms. The summed E-state index contributed by atoms with van der Waals surface area (Å²) in [6.07, 6.45) is 0. The van der Waals surface area contributed by atoms with Gasteiger partial charge in [0.15, 0.2) is 0 Å². The van der Waals surface area contributed by atoms with Crippen molar-refractivity contribution in [2.45, 2.75) is 6.92 Å². The van der Waals surface area contributed by atoms with Crippen LogP contribution in [0.15, 0.2) is 39.9 Å². The average molecular weight is 217 g/mol. The van der Waals surface area contributed by atoms with E-state index in [-0.39, 0.29) is 0 Å². The second kappa shape index (κ2) is 3.69. The van der Waals surface area contributed by atoms with Crippen molar-refractivity contribution in [1.82, 2.24) is 9.66 Å². The minimum Gasteiger partial charge on any atom is -0.332 e. The fourth-order valence-corrected chi connectivity index (χ4v) is 1.47. The Bertz CT molecular complexity index is 609. The van der Waals surface area contributed by atoms with Crippen LogP contribution in [0.3, 0.4) is 0 Å². The number of hydrogen-bond donors (Lipinski definition) is 2. The van der Waals surface area contributed by atoms with E-state index in [1.165, 1.54) is 6.07 Å². The molecule has 0 unspecified atom stereocenters. The van der Waals surface area contributed by atoms with Crippen molar-refractivity contribution in [3.63, 3.8) is 0 Å². The Labute approximate surface area is 91.1 Å². The Morgan fingerprint density at radius 1 is 1.25 bits per heavy atom. The summed E-state index contributed by atoms with van der Waals surface area (Å²) in [6.45, 7) is 1.94. The van der Waals surface area contributed by atoms with Gasteiger partial charge in [0, 0.05) is 6.07 Å². The Balaban J connectivity index is 2.66. The first-order valence-electron chi connectivity index (χ1n) is 4.76. The molecular formula is C11H11N3O2. The van der Waals surface area contributed by atoms with Crippen LogP contribution in [0.2, 0.25) is 0 Å². The lowest BCUT2D eigenvalue weighted by Gasteiger charge is -2.03. The van der Waals surface area contributed by atoms with Crippen molar-refractivity contribution in [3.05, 3.63) is 56.7 Å². The van der Waals surface area contributed by atoms with Gasteiger partial charge in [0.25, 0.3) is 5.56 Å².